The molecule has 0 unspecified atom stereocenters. The maximum atomic E-state index is 12.1. The van der Waals surface area contributed by atoms with Gasteiger partial charge in [-0.15, -0.1) is 0 Å². The Morgan fingerprint density at radius 2 is 2.22 bits per heavy atom. The second-order valence-electron chi connectivity index (χ2n) is 4.72. The fourth-order valence-corrected chi connectivity index (χ4v) is 2.13. The van der Waals surface area contributed by atoms with Crippen molar-refractivity contribution in [1.29, 1.82) is 0 Å². The van der Waals surface area contributed by atoms with Gasteiger partial charge in [0.25, 0.3) is 5.91 Å². The summed E-state index contributed by atoms with van der Waals surface area (Å²) in [6.07, 6.45) is 3.55. The molecule has 1 aliphatic rings. The highest BCUT2D eigenvalue weighted by atomic mass is 16.5. The molecular weight excluding hydrogens is 230 g/mol. The van der Waals surface area contributed by atoms with Crippen LogP contribution in [0.3, 0.4) is 0 Å². The third kappa shape index (κ3) is 3.20. The first kappa shape index (κ1) is 12.8. The highest BCUT2D eigenvalue weighted by Crippen LogP contribution is 2.16. The lowest BCUT2D eigenvalue weighted by molar-refractivity contribution is 0.0495. The van der Waals surface area contributed by atoms with Gasteiger partial charge in [0.15, 0.2) is 0 Å². The largest absolute Gasteiger partial charge is 0.397 e. The summed E-state index contributed by atoms with van der Waals surface area (Å²) in [6, 6.07) is 3.36. The van der Waals surface area contributed by atoms with Crippen molar-refractivity contribution in [2.24, 2.45) is 5.92 Å². The molecule has 1 aromatic rings. The molecule has 18 heavy (non-hydrogen) atoms. The van der Waals surface area contributed by atoms with E-state index < -0.39 is 0 Å². The van der Waals surface area contributed by atoms with Gasteiger partial charge in [-0.3, -0.25) is 4.79 Å². The Hall–Kier alpha value is -1.62. The number of hydrogen-bond acceptors (Lipinski definition) is 4. The lowest BCUT2D eigenvalue weighted by Gasteiger charge is -2.27. The van der Waals surface area contributed by atoms with Crippen molar-refractivity contribution >= 4 is 11.6 Å². The van der Waals surface area contributed by atoms with Crippen molar-refractivity contribution < 1.29 is 9.53 Å². The number of carbonyl (C=O) groups excluding carboxylic acids is 1. The first-order valence-corrected chi connectivity index (χ1v) is 6.21. The smallest absolute Gasteiger partial charge is 0.272 e. The molecule has 0 aliphatic carbocycles. The number of nitrogens with zero attached hydrogens (tertiary/aromatic N) is 2. The van der Waals surface area contributed by atoms with E-state index in [4.69, 9.17) is 10.5 Å². The predicted molar refractivity (Wildman–Crippen MR) is 69.2 cm³/mol. The molecule has 0 bridgehead atoms. The van der Waals surface area contributed by atoms with Gasteiger partial charge in [-0.1, -0.05) is 0 Å². The number of nitrogens with two attached hydrogens (primary N) is 1. The molecule has 2 heterocycles. The third-order valence-corrected chi connectivity index (χ3v) is 3.23. The zero-order valence-electron chi connectivity index (χ0n) is 10.6. The Kier molecular flexibility index (Phi) is 4.15. The van der Waals surface area contributed by atoms with Crippen LogP contribution in [0.5, 0.6) is 0 Å². The van der Waals surface area contributed by atoms with Gasteiger partial charge in [-0.05, 0) is 30.9 Å². The van der Waals surface area contributed by atoms with E-state index in [2.05, 4.69) is 4.98 Å². The summed E-state index contributed by atoms with van der Waals surface area (Å²) in [5.74, 6) is 0.475. The van der Waals surface area contributed by atoms with Crippen LogP contribution < -0.4 is 5.73 Å². The normalized spacial score (nSPS) is 16.5. The van der Waals surface area contributed by atoms with E-state index in [1.54, 1.807) is 17.0 Å². The number of aromatic nitrogens is 1. The summed E-state index contributed by atoms with van der Waals surface area (Å²) in [5, 5.41) is 0. The summed E-state index contributed by atoms with van der Waals surface area (Å²) in [4.78, 5) is 17.9. The second kappa shape index (κ2) is 5.82. The van der Waals surface area contributed by atoms with Crippen molar-refractivity contribution in [3.05, 3.63) is 24.0 Å². The van der Waals surface area contributed by atoms with Gasteiger partial charge < -0.3 is 15.4 Å². The van der Waals surface area contributed by atoms with Crippen molar-refractivity contribution in [3.63, 3.8) is 0 Å². The van der Waals surface area contributed by atoms with E-state index in [9.17, 15) is 4.79 Å². The van der Waals surface area contributed by atoms with E-state index in [1.807, 2.05) is 7.05 Å². The SMILES string of the molecule is CN(CC1CCOCC1)C(=O)c1ccc(N)cn1. The van der Waals surface area contributed by atoms with Crippen molar-refractivity contribution in [2.45, 2.75) is 12.8 Å². The number of anilines is 1. The Morgan fingerprint density at radius 1 is 1.50 bits per heavy atom. The van der Waals surface area contributed by atoms with Crippen LogP contribution in [0.15, 0.2) is 18.3 Å². The molecule has 98 valence electrons. The molecule has 0 spiro atoms. The van der Waals surface area contributed by atoms with Crippen LogP contribution in [0.4, 0.5) is 5.69 Å². The fourth-order valence-electron chi connectivity index (χ4n) is 2.13. The minimum absolute atomic E-state index is 0.0542. The average molecular weight is 249 g/mol. The van der Waals surface area contributed by atoms with Crippen LogP contribution in [-0.4, -0.2) is 42.6 Å². The van der Waals surface area contributed by atoms with Crippen LogP contribution in [0, 0.1) is 5.92 Å². The van der Waals surface area contributed by atoms with E-state index in [0.717, 1.165) is 32.6 Å². The molecular formula is C13H19N3O2. The lowest BCUT2D eigenvalue weighted by atomic mass is 10.00. The fraction of sp³-hybridized carbons (Fsp3) is 0.538. The number of hydrogen-bond donors (Lipinski definition) is 1. The molecule has 0 saturated carbocycles. The summed E-state index contributed by atoms with van der Waals surface area (Å²) in [7, 11) is 1.82. The number of pyridine rings is 1. The molecule has 0 atom stereocenters. The van der Waals surface area contributed by atoms with Crippen molar-refractivity contribution in [3.8, 4) is 0 Å². The van der Waals surface area contributed by atoms with Crippen molar-refractivity contribution in [1.82, 2.24) is 9.88 Å². The quantitative estimate of drug-likeness (QED) is 0.873. The zero-order valence-corrected chi connectivity index (χ0v) is 10.6. The minimum Gasteiger partial charge on any atom is -0.397 e. The Bertz CT molecular complexity index is 399. The summed E-state index contributed by atoms with van der Waals surface area (Å²) in [5.41, 5.74) is 6.56. The molecule has 0 aromatic carbocycles. The van der Waals surface area contributed by atoms with Gasteiger partial charge in [0.05, 0.1) is 11.9 Å². The Balaban J connectivity index is 1.93. The molecule has 5 heteroatoms. The molecule has 1 aliphatic heterocycles. The monoisotopic (exact) mass is 249 g/mol. The average Bonchev–Trinajstić information content (AvgIpc) is 2.40. The van der Waals surface area contributed by atoms with Gasteiger partial charge in [-0.2, -0.15) is 0 Å². The Morgan fingerprint density at radius 3 is 2.83 bits per heavy atom. The first-order chi connectivity index (χ1) is 8.66. The van der Waals surface area contributed by atoms with Crippen molar-refractivity contribution in [2.75, 3.05) is 32.5 Å². The molecule has 5 nitrogen and oxygen atoms in total. The number of ether oxygens (including phenoxy) is 1. The maximum absolute atomic E-state index is 12.1. The molecule has 0 radical (unpaired) electrons. The molecule has 1 aromatic heterocycles. The van der Waals surface area contributed by atoms with Crippen LogP contribution in [-0.2, 0) is 4.74 Å². The molecule has 2 rings (SSSR count). The summed E-state index contributed by atoms with van der Waals surface area (Å²) >= 11 is 0. The first-order valence-electron chi connectivity index (χ1n) is 6.21. The Labute approximate surface area is 107 Å². The van der Waals surface area contributed by atoms with Gasteiger partial charge >= 0.3 is 0 Å². The van der Waals surface area contributed by atoms with Gasteiger partial charge in [0.1, 0.15) is 5.69 Å². The zero-order chi connectivity index (χ0) is 13.0. The highest BCUT2D eigenvalue weighted by Gasteiger charge is 2.19. The van der Waals surface area contributed by atoms with Gasteiger partial charge in [0, 0.05) is 26.8 Å². The highest BCUT2D eigenvalue weighted by molar-refractivity contribution is 5.92. The maximum Gasteiger partial charge on any atom is 0.272 e. The predicted octanol–water partition coefficient (Wildman–Crippen LogP) is 1.16. The van der Waals surface area contributed by atoms with Gasteiger partial charge in [-0.25, -0.2) is 4.98 Å². The van der Waals surface area contributed by atoms with Crippen LogP contribution >= 0.6 is 0 Å². The van der Waals surface area contributed by atoms with E-state index >= 15 is 0 Å². The molecule has 1 saturated heterocycles. The van der Waals surface area contributed by atoms with E-state index in [1.165, 1.54) is 6.20 Å². The number of carbonyl (C=O) groups is 1. The topological polar surface area (TPSA) is 68.5 Å². The molecule has 1 fully saturated rings. The number of nitrogen functional groups attached to an aromatic ring is 1. The van der Waals surface area contributed by atoms with Crippen LogP contribution in [0.1, 0.15) is 23.3 Å². The summed E-state index contributed by atoms with van der Waals surface area (Å²) in [6.45, 7) is 2.36. The standard InChI is InChI=1S/C13H19N3O2/c1-16(9-10-4-6-18-7-5-10)13(17)12-3-2-11(14)8-15-12/h2-3,8,10H,4-7,9,14H2,1H3. The minimum atomic E-state index is -0.0542. The third-order valence-electron chi connectivity index (χ3n) is 3.23. The van der Waals surface area contributed by atoms with Crippen LogP contribution in [0.2, 0.25) is 0 Å². The molecule has 2 N–H and O–H groups in total. The van der Waals surface area contributed by atoms with E-state index in [0.29, 0.717) is 17.3 Å². The van der Waals surface area contributed by atoms with Gasteiger partial charge in [0.2, 0.25) is 0 Å². The number of rotatable bonds is 3. The summed E-state index contributed by atoms with van der Waals surface area (Å²) < 4.78 is 5.31. The van der Waals surface area contributed by atoms with E-state index in [-0.39, 0.29) is 5.91 Å². The number of amides is 1. The van der Waals surface area contributed by atoms with Crippen LogP contribution in [0.25, 0.3) is 0 Å². The molecule has 1 amide bonds. The second-order valence-corrected chi connectivity index (χ2v) is 4.72. The lowest BCUT2D eigenvalue weighted by Crippen LogP contribution is -2.34.